The van der Waals surface area contributed by atoms with Crippen LogP contribution >= 0.6 is 38.4 Å². The van der Waals surface area contributed by atoms with Gasteiger partial charge in [-0.25, -0.2) is 8.42 Å². The van der Waals surface area contributed by atoms with Crippen LogP contribution in [-0.2, 0) is 14.8 Å². The van der Waals surface area contributed by atoms with E-state index in [-0.39, 0.29) is 5.75 Å². The highest BCUT2D eigenvalue weighted by atomic mass is 79.9. The van der Waals surface area contributed by atoms with Gasteiger partial charge in [-0.1, -0.05) is 15.9 Å². The summed E-state index contributed by atoms with van der Waals surface area (Å²) in [5, 5.41) is 0. The fourth-order valence-electron chi connectivity index (χ4n) is 1.02. The molecule has 0 N–H and O–H groups in total. The Kier molecular flexibility index (Phi) is 4.30. The van der Waals surface area contributed by atoms with Gasteiger partial charge in [-0.05, 0) is 30.0 Å². The summed E-state index contributed by atoms with van der Waals surface area (Å²) in [4.78, 5) is 1.01. The molecule has 0 fully saturated rings. The fraction of sp³-hybridized carbons (Fsp3) is 0.250. The number of hydrogen-bond donors (Lipinski definition) is 0. The average Bonchev–Trinajstić information content (AvgIpc) is 1.99. The Hall–Kier alpha value is 0.290. The van der Waals surface area contributed by atoms with Gasteiger partial charge in [0.1, 0.15) is 0 Å². The first-order valence-electron chi connectivity index (χ1n) is 3.66. The Bertz CT molecular complexity index is 431. The third-order valence-corrected chi connectivity index (χ3v) is 3.68. The molecule has 0 atom stereocenters. The van der Waals surface area contributed by atoms with Crippen LogP contribution in [0.25, 0.3) is 0 Å². The van der Waals surface area contributed by atoms with Crippen molar-refractivity contribution in [2.75, 3.05) is 6.26 Å². The summed E-state index contributed by atoms with van der Waals surface area (Å²) in [6.45, 7) is 0. The lowest BCUT2D eigenvalue weighted by atomic mass is 10.2. The van der Waals surface area contributed by atoms with E-state index in [4.69, 9.17) is 10.7 Å². The molecule has 0 saturated carbocycles. The van der Waals surface area contributed by atoms with E-state index in [1.54, 1.807) is 17.8 Å². The molecule has 0 aliphatic heterocycles. The molecular formula is C8H8BrClO2S2. The SMILES string of the molecule is CSc1cc(Br)cc(CS(=O)(=O)Cl)c1. The molecule has 1 rings (SSSR count). The molecule has 0 unspecified atom stereocenters. The number of halogens is 2. The predicted octanol–water partition coefficient (Wildman–Crippen LogP) is 3.24. The van der Waals surface area contributed by atoms with Gasteiger partial charge in [0.05, 0.1) is 5.75 Å². The molecular weight excluding hydrogens is 308 g/mol. The monoisotopic (exact) mass is 314 g/mol. The highest BCUT2D eigenvalue weighted by Crippen LogP contribution is 2.24. The second-order valence-electron chi connectivity index (χ2n) is 2.68. The molecule has 1 aromatic carbocycles. The molecule has 0 spiro atoms. The van der Waals surface area contributed by atoms with Crippen LogP contribution in [0.3, 0.4) is 0 Å². The van der Waals surface area contributed by atoms with E-state index in [0.717, 1.165) is 9.37 Å². The molecule has 0 amide bonds. The van der Waals surface area contributed by atoms with E-state index in [0.29, 0.717) is 5.56 Å². The van der Waals surface area contributed by atoms with Crippen LogP contribution in [-0.4, -0.2) is 14.7 Å². The molecule has 0 heterocycles. The number of rotatable bonds is 3. The van der Waals surface area contributed by atoms with Crippen molar-refractivity contribution >= 4 is 47.4 Å². The van der Waals surface area contributed by atoms with Crippen molar-refractivity contribution in [3.63, 3.8) is 0 Å². The van der Waals surface area contributed by atoms with Crippen molar-refractivity contribution in [2.24, 2.45) is 0 Å². The molecule has 2 nitrogen and oxygen atoms in total. The van der Waals surface area contributed by atoms with Gasteiger partial charge in [0.15, 0.2) is 0 Å². The Morgan fingerprint density at radius 3 is 2.57 bits per heavy atom. The van der Waals surface area contributed by atoms with Crippen molar-refractivity contribution in [3.05, 3.63) is 28.2 Å². The lowest BCUT2D eigenvalue weighted by Gasteiger charge is -2.02. The van der Waals surface area contributed by atoms with E-state index in [1.807, 2.05) is 18.4 Å². The maximum atomic E-state index is 10.9. The fourth-order valence-corrected chi connectivity index (χ4v) is 3.17. The zero-order chi connectivity index (χ0) is 10.8. The van der Waals surface area contributed by atoms with Crippen LogP contribution in [0.15, 0.2) is 27.6 Å². The summed E-state index contributed by atoms with van der Waals surface area (Å²) in [5.74, 6) is -0.137. The van der Waals surface area contributed by atoms with Gasteiger partial charge in [0, 0.05) is 20.1 Å². The third kappa shape index (κ3) is 4.21. The molecule has 0 aromatic heterocycles. The first-order chi connectivity index (χ1) is 6.40. The first-order valence-corrected chi connectivity index (χ1v) is 8.16. The zero-order valence-electron chi connectivity index (χ0n) is 7.33. The van der Waals surface area contributed by atoms with Gasteiger partial charge in [-0.2, -0.15) is 0 Å². The van der Waals surface area contributed by atoms with Crippen molar-refractivity contribution in [1.29, 1.82) is 0 Å². The quantitative estimate of drug-likeness (QED) is 0.634. The van der Waals surface area contributed by atoms with Crippen LogP contribution in [0.5, 0.6) is 0 Å². The summed E-state index contributed by atoms with van der Waals surface area (Å²) in [5.41, 5.74) is 0.693. The van der Waals surface area contributed by atoms with E-state index in [2.05, 4.69) is 15.9 Å². The van der Waals surface area contributed by atoms with Crippen LogP contribution in [0.2, 0.25) is 0 Å². The van der Waals surface area contributed by atoms with E-state index >= 15 is 0 Å². The third-order valence-electron chi connectivity index (χ3n) is 1.51. The number of thioether (sulfide) groups is 1. The molecule has 0 radical (unpaired) electrons. The molecule has 0 bridgehead atoms. The maximum absolute atomic E-state index is 10.9. The molecule has 1 aromatic rings. The van der Waals surface area contributed by atoms with E-state index in [9.17, 15) is 8.42 Å². The van der Waals surface area contributed by atoms with Crippen molar-refractivity contribution in [1.82, 2.24) is 0 Å². The van der Waals surface area contributed by atoms with Crippen LogP contribution in [0.1, 0.15) is 5.56 Å². The molecule has 0 saturated heterocycles. The predicted molar refractivity (Wildman–Crippen MR) is 64.4 cm³/mol. The summed E-state index contributed by atoms with van der Waals surface area (Å²) in [6.07, 6.45) is 1.93. The Morgan fingerprint density at radius 2 is 2.07 bits per heavy atom. The minimum Gasteiger partial charge on any atom is -0.212 e. The highest BCUT2D eigenvalue weighted by Gasteiger charge is 2.08. The van der Waals surface area contributed by atoms with Crippen LogP contribution in [0.4, 0.5) is 0 Å². The summed E-state index contributed by atoms with van der Waals surface area (Å²) < 4.78 is 22.6. The highest BCUT2D eigenvalue weighted by molar-refractivity contribution is 9.10. The lowest BCUT2D eigenvalue weighted by Crippen LogP contribution is -1.95. The van der Waals surface area contributed by atoms with Gasteiger partial charge in [-0.15, -0.1) is 11.8 Å². The second kappa shape index (κ2) is 4.88. The van der Waals surface area contributed by atoms with Gasteiger partial charge < -0.3 is 0 Å². The van der Waals surface area contributed by atoms with Crippen LogP contribution < -0.4 is 0 Å². The summed E-state index contributed by atoms with van der Waals surface area (Å²) in [6, 6.07) is 5.49. The molecule has 0 aliphatic carbocycles. The molecule has 6 heteroatoms. The minimum atomic E-state index is -3.48. The summed E-state index contributed by atoms with van der Waals surface area (Å²) in [7, 11) is 1.69. The van der Waals surface area contributed by atoms with Gasteiger partial charge in [-0.3, -0.25) is 0 Å². The Balaban J connectivity index is 3.04. The molecule has 0 aliphatic rings. The van der Waals surface area contributed by atoms with Gasteiger partial charge in [0.25, 0.3) is 0 Å². The van der Waals surface area contributed by atoms with Crippen LogP contribution in [0, 0.1) is 0 Å². The Morgan fingerprint density at radius 1 is 1.43 bits per heavy atom. The second-order valence-corrected chi connectivity index (χ2v) is 7.25. The lowest BCUT2D eigenvalue weighted by molar-refractivity contribution is 0.609. The standard InChI is InChI=1S/C8H8BrClO2S2/c1-13-8-3-6(2-7(9)4-8)5-14(10,11)12/h2-4H,5H2,1H3. The normalized spacial score (nSPS) is 11.6. The number of hydrogen-bond acceptors (Lipinski definition) is 3. The zero-order valence-corrected chi connectivity index (χ0v) is 11.3. The van der Waals surface area contributed by atoms with E-state index < -0.39 is 9.05 Å². The summed E-state index contributed by atoms with van der Waals surface area (Å²) >= 11 is 4.87. The average molecular weight is 316 g/mol. The molecule has 14 heavy (non-hydrogen) atoms. The van der Waals surface area contributed by atoms with Gasteiger partial charge in [0.2, 0.25) is 9.05 Å². The maximum Gasteiger partial charge on any atom is 0.236 e. The largest absolute Gasteiger partial charge is 0.236 e. The first kappa shape index (κ1) is 12.4. The Labute approximate surface area is 101 Å². The topological polar surface area (TPSA) is 34.1 Å². The molecule has 78 valence electrons. The van der Waals surface area contributed by atoms with Gasteiger partial charge >= 0.3 is 0 Å². The minimum absolute atomic E-state index is 0.137. The van der Waals surface area contributed by atoms with Crippen molar-refractivity contribution in [2.45, 2.75) is 10.6 Å². The smallest absolute Gasteiger partial charge is 0.212 e. The van der Waals surface area contributed by atoms with Crippen molar-refractivity contribution < 1.29 is 8.42 Å². The number of benzene rings is 1. The van der Waals surface area contributed by atoms with E-state index in [1.165, 1.54) is 0 Å². The van der Waals surface area contributed by atoms with Crippen molar-refractivity contribution in [3.8, 4) is 0 Å².